The molecule has 4 aromatic rings. The lowest BCUT2D eigenvalue weighted by Crippen LogP contribution is -2.29. The van der Waals surface area contributed by atoms with Gasteiger partial charge in [-0.1, -0.05) is 35.3 Å². The molecule has 2 aromatic carbocycles. The average molecular weight is 454 g/mol. The van der Waals surface area contributed by atoms with Gasteiger partial charge < -0.3 is 13.7 Å². The molecule has 156 valence electrons. The molecule has 0 N–H and O–H groups in total. The van der Waals surface area contributed by atoms with Gasteiger partial charge in [-0.2, -0.15) is 0 Å². The van der Waals surface area contributed by atoms with Crippen LogP contribution in [0.15, 0.2) is 62.4 Å². The Morgan fingerprint density at radius 3 is 2.55 bits per heavy atom. The van der Waals surface area contributed by atoms with Crippen molar-refractivity contribution in [2.75, 3.05) is 0 Å². The summed E-state index contributed by atoms with van der Waals surface area (Å²) in [6.07, 6.45) is 1.54. The van der Waals surface area contributed by atoms with E-state index >= 15 is 0 Å². The van der Waals surface area contributed by atoms with Gasteiger partial charge in [0, 0.05) is 0 Å². The van der Waals surface area contributed by atoms with Crippen LogP contribution in [0, 0.1) is 13.8 Å². The molecule has 0 bridgehead atoms. The minimum absolute atomic E-state index is 0.0482. The predicted octanol–water partition coefficient (Wildman–Crippen LogP) is 6.06. The van der Waals surface area contributed by atoms with Gasteiger partial charge in [0.15, 0.2) is 5.43 Å². The summed E-state index contributed by atoms with van der Waals surface area (Å²) >= 11 is 12.4. The zero-order chi connectivity index (χ0) is 21.9. The molecular formula is C24H17Cl2NO4. The van der Waals surface area contributed by atoms with Crippen molar-refractivity contribution >= 4 is 40.1 Å². The van der Waals surface area contributed by atoms with E-state index in [1.54, 1.807) is 47.6 Å². The molecule has 1 aliphatic heterocycles. The molecule has 0 fully saturated rings. The van der Waals surface area contributed by atoms with E-state index in [9.17, 15) is 9.59 Å². The molecule has 1 aliphatic rings. The second kappa shape index (κ2) is 7.29. The molecule has 0 saturated heterocycles. The highest BCUT2D eigenvalue weighted by Gasteiger charge is 2.43. The summed E-state index contributed by atoms with van der Waals surface area (Å²) in [6.45, 7) is 3.96. The smallest absolute Gasteiger partial charge is 0.291 e. The normalized spacial score (nSPS) is 15.7. The predicted molar refractivity (Wildman–Crippen MR) is 119 cm³/mol. The molecule has 1 atom stereocenters. The van der Waals surface area contributed by atoms with Crippen LogP contribution in [0.5, 0.6) is 0 Å². The molecule has 7 heteroatoms. The first kappa shape index (κ1) is 19.9. The number of aryl methyl sites for hydroxylation is 2. The van der Waals surface area contributed by atoms with Gasteiger partial charge in [-0.3, -0.25) is 9.59 Å². The highest BCUT2D eigenvalue weighted by Crippen LogP contribution is 2.41. The Kier molecular flexibility index (Phi) is 4.68. The lowest BCUT2D eigenvalue weighted by molar-refractivity contribution is 0.0701. The van der Waals surface area contributed by atoms with Gasteiger partial charge in [0.25, 0.3) is 5.91 Å². The fourth-order valence-corrected chi connectivity index (χ4v) is 4.54. The molecule has 0 aliphatic carbocycles. The van der Waals surface area contributed by atoms with Crippen LogP contribution in [0.4, 0.5) is 0 Å². The lowest BCUT2D eigenvalue weighted by atomic mass is 9.97. The van der Waals surface area contributed by atoms with Gasteiger partial charge in [-0.25, -0.2) is 0 Å². The first-order valence-corrected chi connectivity index (χ1v) is 10.5. The SMILES string of the molecule is Cc1cc(C)c2oc3c(c(=O)c2c1)C(c1ccc(Cl)c(Cl)c1)N(Cc1ccco1)C3=O. The number of fused-ring (bicyclic) bond motifs is 2. The first-order chi connectivity index (χ1) is 14.8. The monoisotopic (exact) mass is 453 g/mol. The number of nitrogens with zero attached hydrogens (tertiary/aromatic N) is 1. The Hall–Kier alpha value is -3.02. The van der Waals surface area contributed by atoms with E-state index in [0.717, 1.165) is 11.1 Å². The van der Waals surface area contributed by atoms with Crippen molar-refractivity contribution in [2.45, 2.75) is 26.4 Å². The number of hydrogen-bond donors (Lipinski definition) is 0. The van der Waals surface area contributed by atoms with Crippen molar-refractivity contribution < 1.29 is 13.6 Å². The zero-order valence-corrected chi connectivity index (χ0v) is 18.3. The van der Waals surface area contributed by atoms with Crippen LogP contribution in [0.2, 0.25) is 10.0 Å². The van der Waals surface area contributed by atoms with E-state index in [2.05, 4.69) is 0 Å². The van der Waals surface area contributed by atoms with Crippen LogP contribution in [0.3, 0.4) is 0 Å². The Labute approximate surface area is 187 Å². The summed E-state index contributed by atoms with van der Waals surface area (Å²) in [5.74, 6) is 0.267. The first-order valence-electron chi connectivity index (χ1n) is 9.71. The third kappa shape index (κ3) is 3.16. The quantitative estimate of drug-likeness (QED) is 0.378. The van der Waals surface area contributed by atoms with Gasteiger partial charge >= 0.3 is 0 Å². The number of halogens is 2. The van der Waals surface area contributed by atoms with Crippen molar-refractivity contribution in [3.63, 3.8) is 0 Å². The van der Waals surface area contributed by atoms with Crippen molar-refractivity contribution in [2.24, 2.45) is 0 Å². The third-order valence-corrected chi connectivity index (χ3v) is 6.30. The molecule has 1 amide bonds. The largest absolute Gasteiger partial charge is 0.467 e. The summed E-state index contributed by atoms with van der Waals surface area (Å²) in [4.78, 5) is 28.6. The summed E-state index contributed by atoms with van der Waals surface area (Å²) in [7, 11) is 0. The van der Waals surface area contributed by atoms with Crippen LogP contribution in [0.25, 0.3) is 11.0 Å². The zero-order valence-electron chi connectivity index (χ0n) is 16.7. The molecule has 1 unspecified atom stereocenters. The fraction of sp³-hybridized carbons (Fsp3) is 0.167. The van der Waals surface area contributed by atoms with E-state index in [4.69, 9.17) is 32.0 Å². The van der Waals surface area contributed by atoms with Gasteiger partial charge in [0.1, 0.15) is 11.3 Å². The maximum absolute atomic E-state index is 13.6. The van der Waals surface area contributed by atoms with Crippen molar-refractivity contribution in [1.29, 1.82) is 0 Å². The highest BCUT2D eigenvalue weighted by molar-refractivity contribution is 6.42. The molecule has 2 aromatic heterocycles. The third-order valence-electron chi connectivity index (χ3n) is 5.56. The minimum atomic E-state index is -0.677. The maximum atomic E-state index is 13.6. The Morgan fingerprint density at radius 1 is 1.03 bits per heavy atom. The molecule has 3 heterocycles. The molecule has 5 nitrogen and oxygen atoms in total. The standard InChI is InChI=1S/C24H17Cl2NO4/c1-12-8-13(2)22-16(9-12)21(28)19-20(14-5-6-17(25)18(26)10-14)27(24(29)23(19)31-22)11-15-4-3-7-30-15/h3-10,20H,11H2,1-2H3. The molecule has 5 rings (SSSR count). The summed E-state index contributed by atoms with van der Waals surface area (Å²) in [6, 6.07) is 11.7. The molecular weight excluding hydrogens is 437 g/mol. The van der Waals surface area contributed by atoms with Gasteiger partial charge in [-0.15, -0.1) is 0 Å². The summed E-state index contributed by atoms with van der Waals surface area (Å²) < 4.78 is 11.5. The average Bonchev–Trinajstić information content (AvgIpc) is 3.33. The Bertz CT molecular complexity index is 1410. The Morgan fingerprint density at radius 2 is 1.84 bits per heavy atom. The van der Waals surface area contributed by atoms with Gasteiger partial charge in [-0.05, 0) is 60.9 Å². The number of rotatable bonds is 3. The molecule has 31 heavy (non-hydrogen) atoms. The lowest BCUT2D eigenvalue weighted by Gasteiger charge is -2.24. The van der Waals surface area contributed by atoms with Crippen LogP contribution in [-0.4, -0.2) is 10.8 Å². The van der Waals surface area contributed by atoms with E-state index in [1.165, 1.54) is 0 Å². The number of furan rings is 1. The number of benzene rings is 2. The summed E-state index contributed by atoms with van der Waals surface area (Å²) in [5.41, 5.74) is 2.92. The molecule has 0 radical (unpaired) electrons. The van der Waals surface area contributed by atoms with E-state index in [-0.39, 0.29) is 23.6 Å². The second-order valence-corrected chi connectivity index (χ2v) is 8.54. The van der Waals surface area contributed by atoms with Crippen molar-refractivity contribution in [1.82, 2.24) is 4.90 Å². The number of carbonyl (C=O) groups excluding carboxylic acids is 1. The van der Waals surface area contributed by atoms with Gasteiger partial charge in [0.2, 0.25) is 5.76 Å². The van der Waals surface area contributed by atoms with Crippen molar-refractivity contribution in [3.05, 3.63) is 103 Å². The fourth-order valence-electron chi connectivity index (χ4n) is 4.24. The van der Waals surface area contributed by atoms with Crippen molar-refractivity contribution in [3.8, 4) is 0 Å². The van der Waals surface area contributed by atoms with Crippen LogP contribution >= 0.6 is 23.2 Å². The number of hydrogen-bond acceptors (Lipinski definition) is 4. The number of carbonyl (C=O) groups is 1. The molecule has 0 spiro atoms. The number of amides is 1. The topological polar surface area (TPSA) is 63.7 Å². The minimum Gasteiger partial charge on any atom is -0.467 e. The van der Waals surface area contributed by atoms with Crippen LogP contribution in [0.1, 0.15) is 44.6 Å². The maximum Gasteiger partial charge on any atom is 0.291 e. The van der Waals surface area contributed by atoms with E-state index in [0.29, 0.717) is 37.9 Å². The van der Waals surface area contributed by atoms with Gasteiger partial charge in [0.05, 0.1) is 39.8 Å². The van der Waals surface area contributed by atoms with Crippen LogP contribution in [-0.2, 0) is 6.54 Å². The second-order valence-electron chi connectivity index (χ2n) is 7.72. The highest BCUT2D eigenvalue weighted by atomic mass is 35.5. The Balaban J connectivity index is 1.79. The van der Waals surface area contributed by atoms with E-state index in [1.807, 2.05) is 19.9 Å². The molecule has 0 saturated carbocycles. The summed E-state index contributed by atoms with van der Waals surface area (Å²) in [5, 5.41) is 1.19. The van der Waals surface area contributed by atoms with E-state index < -0.39 is 6.04 Å². The van der Waals surface area contributed by atoms with Crippen LogP contribution < -0.4 is 5.43 Å².